The summed E-state index contributed by atoms with van der Waals surface area (Å²) < 4.78 is 14.0. The molecule has 6 nitrogen and oxygen atoms in total. The highest BCUT2D eigenvalue weighted by Crippen LogP contribution is 2.15. The van der Waals surface area contributed by atoms with Crippen LogP contribution >= 0.6 is 11.6 Å². The Bertz CT molecular complexity index is 629. The molecule has 2 aromatic rings. The summed E-state index contributed by atoms with van der Waals surface area (Å²) in [5.41, 5.74) is -1.35. The number of nitrogens with one attached hydrogen (secondary N) is 1. The Morgan fingerprint density at radius 3 is 3.00 bits per heavy atom. The lowest BCUT2D eigenvalue weighted by atomic mass is 10.1. The van der Waals surface area contributed by atoms with Crippen LogP contribution in [-0.4, -0.2) is 31.4 Å². The van der Waals surface area contributed by atoms with Gasteiger partial charge in [0.05, 0.1) is 18.9 Å². The molecule has 0 radical (unpaired) electrons. The van der Waals surface area contributed by atoms with Crippen molar-refractivity contribution in [2.24, 2.45) is 0 Å². The van der Waals surface area contributed by atoms with Crippen LogP contribution < -0.4 is 5.32 Å². The quantitative estimate of drug-likeness (QED) is 0.838. The Morgan fingerprint density at radius 1 is 1.65 bits per heavy atom. The van der Waals surface area contributed by atoms with Crippen LogP contribution in [0.5, 0.6) is 0 Å². The van der Waals surface area contributed by atoms with E-state index in [9.17, 15) is 14.3 Å². The molecule has 2 heterocycles. The first-order chi connectivity index (χ1) is 9.37. The maximum Gasteiger partial charge on any atom is 0.257 e. The predicted octanol–water partition coefficient (Wildman–Crippen LogP) is 1.46. The Balaban J connectivity index is 2.07. The Hall–Kier alpha value is -1.99. The first-order valence-corrected chi connectivity index (χ1v) is 6.08. The maximum absolute atomic E-state index is 12.8. The van der Waals surface area contributed by atoms with Gasteiger partial charge in [-0.15, -0.1) is 0 Å². The minimum atomic E-state index is -1.76. The van der Waals surface area contributed by atoms with Crippen LogP contribution in [0.4, 0.5) is 10.1 Å². The summed E-state index contributed by atoms with van der Waals surface area (Å²) in [6.45, 7) is 1.13. The number of amides is 1. The van der Waals surface area contributed by atoms with Gasteiger partial charge < -0.3 is 10.4 Å². The maximum atomic E-state index is 12.8. The van der Waals surface area contributed by atoms with Crippen LogP contribution in [0.2, 0.25) is 5.15 Å². The molecule has 0 aliphatic heterocycles. The van der Waals surface area contributed by atoms with E-state index < -0.39 is 17.3 Å². The minimum Gasteiger partial charge on any atom is -0.378 e. The van der Waals surface area contributed by atoms with Gasteiger partial charge in [-0.3, -0.25) is 9.48 Å². The third-order valence-corrected chi connectivity index (χ3v) is 2.75. The number of halogens is 2. The van der Waals surface area contributed by atoms with Gasteiger partial charge in [0.2, 0.25) is 0 Å². The van der Waals surface area contributed by atoms with Crippen molar-refractivity contribution >= 4 is 23.2 Å². The molecule has 0 aliphatic rings. The lowest BCUT2D eigenvalue weighted by molar-refractivity contribution is -0.133. The summed E-state index contributed by atoms with van der Waals surface area (Å²) in [4.78, 5) is 15.8. The standard InChI is InChI=1S/C12H12ClFN4O2/c1-12(20,7-18-6-8(14)5-16-18)11(19)17-9-2-3-15-10(13)4-9/h2-6,20H,7H2,1H3,(H,15,17,19). The lowest BCUT2D eigenvalue weighted by Crippen LogP contribution is -2.43. The monoisotopic (exact) mass is 298 g/mol. The summed E-state index contributed by atoms with van der Waals surface area (Å²) in [6, 6.07) is 2.98. The van der Waals surface area contributed by atoms with E-state index in [0.29, 0.717) is 5.69 Å². The zero-order chi connectivity index (χ0) is 14.8. The van der Waals surface area contributed by atoms with E-state index in [1.165, 1.54) is 25.3 Å². The zero-order valence-corrected chi connectivity index (χ0v) is 11.3. The molecule has 1 atom stereocenters. The molecule has 0 fully saturated rings. The first kappa shape index (κ1) is 14.4. The van der Waals surface area contributed by atoms with Gasteiger partial charge in [0.25, 0.3) is 5.91 Å². The van der Waals surface area contributed by atoms with Gasteiger partial charge in [-0.2, -0.15) is 5.10 Å². The lowest BCUT2D eigenvalue weighted by Gasteiger charge is -2.22. The third kappa shape index (κ3) is 3.52. The average molecular weight is 299 g/mol. The Morgan fingerprint density at radius 2 is 2.40 bits per heavy atom. The van der Waals surface area contributed by atoms with Gasteiger partial charge in [-0.1, -0.05) is 11.6 Å². The second-order valence-corrected chi connectivity index (χ2v) is 4.84. The molecule has 0 saturated carbocycles. The molecule has 2 rings (SSSR count). The fourth-order valence-electron chi connectivity index (χ4n) is 1.56. The zero-order valence-electron chi connectivity index (χ0n) is 10.5. The highest BCUT2D eigenvalue weighted by molar-refractivity contribution is 6.29. The van der Waals surface area contributed by atoms with Gasteiger partial charge in [-0.25, -0.2) is 9.37 Å². The smallest absolute Gasteiger partial charge is 0.257 e. The van der Waals surface area contributed by atoms with Gasteiger partial charge >= 0.3 is 0 Å². The topological polar surface area (TPSA) is 80.0 Å². The molecule has 2 aromatic heterocycles. The van der Waals surface area contributed by atoms with Crippen molar-refractivity contribution in [3.05, 3.63) is 41.7 Å². The van der Waals surface area contributed by atoms with Crippen LogP contribution in [-0.2, 0) is 11.3 Å². The van der Waals surface area contributed by atoms with Crippen molar-refractivity contribution in [3.8, 4) is 0 Å². The van der Waals surface area contributed by atoms with Crippen molar-refractivity contribution in [2.45, 2.75) is 19.1 Å². The fraction of sp³-hybridized carbons (Fsp3) is 0.250. The molecule has 2 N–H and O–H groups in total. The van der Waals surface area contributed by atoms with Crippen LogP contribution in [0, 0.1) is 5.82 Å². The average Bonchev–Trinajstić information content (AvgIpc) is 2.74. The summed E-state index contributed by atoms with van der Waals surface area (Å²) in [6.07, 6.45) is 3.51. The van der Waals surface area contributed by atoms with E-state index in [-0.39, 0.29) is 11.7 Å². The Kier molecular flexibility index (Phi) is 4.01. The number of pyridine rings is 1. The van der Waals surface area contributed by atoms with Crippen LogP contribution in [0.3, 0.4) is 0 Å². The number of rotatable bonds is 4. The van der Waals surface area contributed by atoms with Gasteiger partial charge in [0, 0.05) is 11.9 Å². The minimum absolute atomic E-state index is 0.179. The number of aromatic nitrogens is 3. The molecule has 0 bridgehead atoms. The summed E-state index contributed by atoms with van der Waals surface area (Å²) >= 11 is 5.69. The van der Waals surface area contributed by atoms with E-state index in [1.54, 1.807) is 0 Å². The Labute approximate surface area is 119 Å². The van der Waals surface area contributed by atoms with Crippen LogP contribution in [0.25, 0.3) is 0 Å². The molecular weight excluding hydrogens is 287 g/mol. The third-order valence-electron chi connectivity index (χ3n) is 2.55. The molecule has 0 spiro atoms. The molecule has 0 aromatic carbocycles. The molecule has 1 unspecified atom stereocenters. The van der Waals surface area contributed by atoms with Crippen molar-refractivity contribution in [3.63, 3.8) is 0 Å². The number of carbonyl (C=O) groups excluding carboxylic acids is 1. The van der Waals surface area contributed by atoms with E-state index in [2.05, 4.69) is 15.4 Å². The van der Waals surface area contributed by atoms with E-state index >= 15 is 0 Å². The van der Waals surface area contributed by atoms with Crippen LogP contribution in [0.15, 0.2) is 30.7 Å². The second-order valence-electron chi connectivity index (χ2n) is 4.45. The number of anilines is 1. The van der Waals surface area contributed by atoms with Gasteiger partial charge in [0.15, 0.2) is 11.4 Å². The van der Waals surface area contributed by atoms with E-state index in [0.717, 1.165) is 17.1 Å². The summed E-state index contributed by atoms with van der Waals surface area (Å²) in [5.74, 6) is -1.20. The molecule has 20 heavy (non-hydrogen) atoms. The number of nitrogens with zero attached hydrogens (tertiary/aromatic N) is 3. The predicted molar refractivity (Wildman–Crippen MR) is 70.7 cm³/mol. The number of hydrogen-bond acceptors (Lipinski definition) is 4. The van der Waals surface area contributed by atoms with E-state index in [1.807, 2.05) is 0 Å². The number of aliphatic hydroxyl groups is 1. The fourth-order valence-corrected chi connectivity index (χ4v) is 1.73. The van der Waals surface area contributed by atoms with Crippen molar-refractivity contribution in [1.82, 2.24) is 14.8 Å². The van der Waals surface area contributed by atoms with Gasteiger partial charge in [-0.05, 0) is 19.1 Å². The molecular formula is C12H12ClFN4O2. The van der Waals surface area contributed by atoms with E-state index in [4.69, 9.17) is 11.6 Å². The highest BCUT2D eigenvalue weighted by atomic mass is 35.5. The molecule has 1 amide bonds. The normalized spacial score (nSPS) is 13.8. The highest BCUT2D eigenvalue weighted by Gasteiger charge is 2.31. The van der Waals surface area contributed by atoms with Crippen molar-refractivity contribution in [1.29, 1.82) is 0 Å². The first-order valence-electron chi connectivity index (χ1n) is 5.70. The number of carbonyl (C=O) groups is 1. The molecule has 8 heteroatoms. The summed E-state index contributed by atoms with van der Waals surface area (Å²) in [7, 11) is 0. The summed E-state index contributed by atoms with van der Waals surface area (Å²) in [5, 5.41) is 16.5. The van der Waals surface area contributed by atoms with Crippen LogP contribution in [0.1, 0.15) is 6.92 Å². The van der Waals surface area contributed by atoms with Crippen molar-refractivity contribution in [2.75, 3.05) is 5.32 Å². The largest absolute Gasteiger partial charge is 0.378 e. The SMILES string of the molecule is CC(O)(Cn1cc(F)cn1)C(=O)Nc1ccnc(Cl)c1. The molecule has 0 aliphatic carbocycles. The second kappa shape index (κ2) is 5.56. The molecule has 106 valence electrons. The van der Waals surface area contributed by atoms with Gasteiger partial charge in [0.1, 0.15) is 5.15 Å². The van der Waals surface area contributed by atoms with Crippen molar-refractivity contribution < 1.29 is 14.3 Å². The number of hydrogen-bond donors (Lipinski definition) is 2. The molecule has 0 saturated heterocycles.